The van der Waals surface area contributed by atoms with E-state index >= 15 is 0 Å². The molecule has 0 radical (unpaired) electrons. The maximum atomic E-state index is 12.5. The van der Waals surface area contributed by atoms with Gasteiger partial charge in [-0.15, -0.1) is 0 Å². The Labute approximate surface area is 297 Å². The summed E-state index contributed by atoms with van der Waals surface area (Å²) < 4.78 is 5.93. The molecule has 4 nitrogen and oxygen atoms in total. The molecular weight excluding hydrogens is 592 g/mol. The van der Waals surface area contributed by atoms with Crippen LogP contribution in [0, 0.1) is 0 Å². The number of ether oxygens (including phenoxy) is 1. The topological polar surface area (TPSA) is 63.6 Å². The van der Waals surface area contributed by atoms with Crippen LogP contribution in [0.1, 0.15) is 187 Å². The summed E-state index contributed by atoms with van der Waals surface area (Å²) >= 11 is 0. The molecule has 0 saturated carbocycles. The van der Waals surface area contributed by atoms with E-state index in [1.165, 1.54) is 77.0 Å². The number of carbonyl (C=O) groups excluding carboxylic acids is 1. The second-order valence-corrected chi connectivity index (χ2v) is 13.1. The molecule has 0 saturated heterocycles. The summed E-state index contributed by atoms with van der Waals surface area (Å²) in [4.78, 5) is 23.1. The second-order valence-electron chi connectivity index (χ2n) is 13.1. The number of carboxylic acid groups (broad SMARTS) is 1. The van der Waals surface area contributed by atoms with Crippen LogP contribution in [0.25, 0.3) is 0 Å². The summed E-state index contributed by atoms with van der Waals surface area (Å²) in [5, 5.41) is 8.68. The van der Waals surface area contributed by atoms with Gasteiger partial charge in [0.05, 0.1) is 0 Å². The van der Waals surface area contributed by atoms with E-state index in [4.69, 9.17) is 9.84 Å². The molecule has 1 atom stereocenters. The van der Waals surface area contributed by atoms with Crippen molar-refractivity contribution < 1.29 is 19.4 Å². The Bertz CT molecular complexity index is 892. The summed E-state index contributed by atoms with van der Waals surface area (Å²) in [5.74, 6) is -0.718. The third-order valence-electron chi connectivity index (χ3n) is 8.46. The molecule has 0 aliphatic rings. The van der Waals surface area contributed by atoms with Gasteiger partial charge in [0.2, 0.25) is 0 Å². The van der Waals surface area contributed by atoms with Crippen LogP contribution in [0.5, 0.6) is 0 Å². The Morgan fingerprint density at radius 3 is 1.27 bits per heavy atom. The van der Waals surface area contributed by atoms with Gasteiger partial charge >= 0.3 is 11.9 Å². The highest BCUT2D eigenvalue weighted by molar-refractivity contribution is 5.69. The first-order valence-electron chi connectivity index (χ1n) is 19.9. The van der Waals surface area contributed by atoms with Crippen LogP contribution in [-0.4, -0.2) is 23.1 Å². The van der Waals surface area contributed by atoms with Gasteiger partial charge in [0.1, 0.15) is 6.10 Å². The molecule has 0 aliphatic carbocycles. The quantitative estimate of drug-likeness (QED) is 0.0415. The van der Waals surface area contributed by atoms with Crippen LogP contribution in [0.15, 0.2) is 72.9 Å². The van der Waals surface area contributed by atoms with E-state index in [0.29, 0.717) is 12.8 Å². The van der Waals surface area contributed by atoms with E-state index < -0.39 is 5.97 Å². The first-order valence-corrected chi connectivity index (χ1v) is 19.9. The Balaban J connectivity index is 3.89. The van der Waals surface area contributed by atoms with E-state index in [2.05, 4.69) is 86.8 Å². The van der Waals surface area contributed by atoms with Gasteiger partial charge in [-0.3, -0.25) is 9.59 Å². The van der Waals surface area contributed by atoms with Gasteiger partial charge in [-0.1, -0.05) is 170 Å². The zero-order chi connectivity index (χ0) is 35.0. The lowest BCUT2D eigenvalue weighted by molar-refractivity contribution is -0.149. The molecule has 48 heavy (non-hydrogen) atoms. The summed E-state index contributed by atoms with van der Waals surface area (Å²) in [6.07, 6.45) is 55.3. The fourth-order valence-corrected chi connectivity index (χ4v) is 5.56. The average Bonchev–Trinajstić information content (AvgIpc) is 3.07. The molecule has 0 fully saturated rings. The van der Waals surface area contributed by atoms with Crippen molar-refractivity contribution in [2.75, 3.05) is 0 Å². The van der Waals surface area contributed by atoms with Crippen molar-refractivity contribution in [3.05, 3.63) is 72.9 Å². The summed E-state index contributed by atoms with van der Waals surface area (Å²) in [5.41, 5.74) is 0. The number of esters is 1. The highest BCUT2D eigenvalue weighted by Gasteiger charge is 2.13. The van der Waals surface area contributed by atoms with Crippen LogP contribution in [0.3, 0.4) is 0 Å². The monoisotopic (exact) mass is 667 g/mol. The number of rotatable bonds is 35. The van der Waals surface area contributed by atoms with Crippen LogP contribution in [0.2, 0.25) is 0 Å². The van der Waals surface area contributed by atoms with Crippen molar-refractivity contribution in [1.29, 1.82) is 0 Å². The number of unbranched alkanes of at least 4 members (excludes halogenated alkanes) is 14. The maximum Gasteiger partial charge on any atom is 0.306 e. The van der Waals surface area contributed by atoms with Gasteiger partial charge in [0.25, 0.3) is 0 Å². The molecule has 0 aromatic heterocycles. The molecule has 0 aromatic rings. The van der Waals surface area contributed by atoms with Crippen LogP contribution >= 0.6 is 0 Å². The molecule has 0 rings (SSSR count). The van der Waals surface area contributed by atoms with E-state index in [1.54, 1.807) is 0 Å². The molecule has 0 bridgehead atoms. The molecule has 0 heterocycles. The molecular formula is C44H74O4. The molecule has 0 amide bonds. The molecule has 1 N–H and O–H groups in total. The molecule has 4 heteroatoms. The SMILES string of the molecule is CC/C=C\C/C=C\C/C=C\C/C=C\C/C=C\C/C=C\CCC(=O)OC(CCCCC)CCCCCCCCCCCCCCCC(=O)O. The van der Waals surface area contributed by atoms with E-state index in [0.717, 1.165) is 83.5 Å². The van der Waals surface area contributed by atoms with Crippen LogP contribution in [0.4, 0.5) is 0 Å². The van der Waals surface area contributed by atoms with Crippen molar-refractivity contribution in [3.63, 3.8) is 0 Å². The van der Waals surface area contributed by atoms with Gasteiger partial charge in [-0.25, -0.2) is 0 Å². The van der Waals surface area contributed by atoms with Crippen LogP contribution < -0.4 is 0 Å². The standard InChI is InChI=1S/C44H74O4/c1-3-5-7-8-9-10-11-12-13-14-15-16-17-21-24-27-30-33-37-41-44(47)48-42(38-34-6-4-2)39-35-31-28-25-22-19-18-20-23-26-29-32-36-40-43(45)46/h5,7,9-10,12-13,15-16,21,24,30,33,42H,3-4,6,8,11,14,17-20,22-23,25-29,31-32,34-41H2,1-2H3,(H,45,46)/b7-5-,10-9-,13-12-,16-15-,24-21-,33-30-. The minimum Gasteiger partial charge on any atom is -0.481 e. The predicted octanol–water partition coefficient (Wildman–Crippen LogP) is 13.9. The lowest BCUT2D eigenvalue weighted by Crippen LogP contribution is -2.18. The molecule has 0 spiro atoms. The van der Waals surface area contributed by atoms with Gasteiger partial charge in [0, 0.05) is 12.8 Å². The molecule has 0 aliphatic heterocycles. The predicted molar refractivity (Wildman–Crippen MR) is 208 cm³/mol. The van der Waals surface area contributed by atoms with Crippen molar-refractivity contribution in [3.8, 4) is 0 Å². The lowest BCUT2D eigenvalue weighted by atomic mass is 10.0. The lowest BCUT2D eigenvalue weighted by Gasteiger charge is -2.18. The van der Waals surface area contributed by atoms with Crippen molar-refractivity contribution in [1.82, 2.24) is 0 Å². The van der Waals surface area contributed by atoms with Gasteiger partial charge in [0.15, 0.2) is 0 Å². The Hall–Kier alpha value is -2.62. The van der Waals surface area contributed by atoms with Gasteiger partial charge < -0.3 is 9.84 Å². The van der Waals surface area contributed by atoms with Gasteiger partial charge in [-0.05, 0) is 77.0 Å². The first kappa shape index (κ1) is 45.4. The van der Waals surface area contributed by atoms with E-state index in [-0.39, 0.29) is 12.1 Å². The van der Waals surface area contributed by atoms with Gasteiger partial charge in [-0.2, -0.15) is 0 Å². The smallest absolute Gasteiger partial charge is 0.306 e. The van der Waals surface area contributed by atoms with Crippen molar-refractivity contribution in [2.45, 2.75) is 193 Å². The highest BCUT2D eigenvalue weighted by Crippen LogP contribution is 2.18. The van der Waals surface area contributed by atoms with Crippen molar-refractivity contribution in [2.24, 2.45) is 0 Å². The minimum absolute atomic E-state index is 0.0451. The zero-order valence-corrected chi connectivity index (χ0v) is 31.3. The summed E-state index contributed by atoms with van der Waals surface area (Å²) in [6.45, 7) is 4.38. The average molecular weight is 667 g/mol. The number of aliphatic carboxylic acids is 1. The first-order chi connectivity index (χ1) is 23.6. The Morgan fingerprint density at radius 2 is 0.854 bits per heavy atom. The fraction of sp³-hybridized carbons (Fsp3) is 0.682. The fourth-order valence-electron chi connectivity index (χ4n) is 5.56. The number of hydrogen-bond donors (Lipinski definition) is 1. The van der Waals surface area contributed by atoms with E-state index in [9.17, 15) is 9.59 Å². The number of hydrogen-bond acceptors (Lipinski definition) is 3. The third kappa shape index (κ3) is 37.8. The van der Waals surface area contributed by atoms with Crippen molar-refractivity contribution >= 4 is 11.9 Å². The maximum absolute atomic E-state index is 12.5. The molecule has 274 valence electrons. The minimum atomic E-state index is -0.673. The Kier molecular flexibility index (Phi) is 36.7. The molecule has 0 aromatic carbocycles. The normalized spacial score (nSPS) is 13.0. The van der Waals surface area contributed by atoms with E-state index in [1.807, 2.05) is 0 Å². The largest absolute Gasteiger partial charge is 0.481 e. The third-order valence-corrected chi connectivity index (χ3v) is 8.46. The number of carbonyl (C=O) groups is 2. The highest BCUT2D eigenvalue weighted by atomic mass is 16.5. The Morgan fingerprint density at radius 1 is 0.479 bits per heavy atom. The number of carboxylic acids is 1. The molecule has 1 unspecified atom stereocenters. The summed E-state index contributed by atoms with van der Waals surface area (Å²) in [6, 6.07) is 0. The number of allylic oxidation sites excluding steroid dienone is 12. The van der Waals surface area contributed by atoms with Crippen LogP contribution in [-0.2, 0) is 14.3 Å². The second kappa shape index (κ2) is 38.8. The zero-order valence-electron chi connectivity index (χ0n) is 31.3. The summed E-state index contributed by atoms with van der Waals surface area (Å²) in [7, 11) is 0.